The van der Waals surface area contributed by atoms with Gasteiger partial charge in [0.25, 0.3) is 0 Å². The molecule has 0 saturated carbocycles. The number of hydrogen-bond donors (Lipinski definition) is 1. The Morgan fingerprint density at radius 2 is 2.07 bits per heavy atom. The van der Waals surface area contributed by atoms with E-state index in [2.05, 4.69) is 38.9 Å². The zero-order valence-electron chi connectivity index (χ0n) is 16.9. The van der Waals surface area contributed by atoms with E-state index in [1.54, 1.807) is 0 Å². The first-order valence-electron chi connectivity index (χ1n) is 9.74. The molecule has 2 aliphatic rings. The van der Waals surface area contributed by atoms with Crippen molar-refractivity contribution >= 4 is 41.7 Å². The maximum atomic E-state index is 5.81. The van der Waals surface area contributed by atoms with Gasteiger partial charge in [-0.3, -0.25) is 9.89 Å². The Labute approximate surface area is 190 Å². The highest BCUT2D eigenvalue weighted by molar-refractivity contribution is 14.0. The molecule has 28 heavy (non-hydrogen) atoms. The van der Waals surface area contributed by atoms with Crippen molar-refractivity contribution in [2.75, 3.05) is 71.6 Å². The maximum absolute atomic E-state index is 5.81. The number of nitrogens with one attached hydrogen (secondary N) is 1. The Bertz CT molecular complexity index is 593. The molecule has 1 aromatic carbocycles. The van der Waals surface area contributed by atoms with Gasteiger partial charge in [-0.25, -0.2) is 0 Å². The summed E-state index contributed by atoms with van der Waals surface area (Å²) in [5.74, 6) is 4.25. The summed E-state index contributed by atoms with van der Waals surface area (Å²) in [5, 5.41) is 3.62. The number of likely N-dealkylation sites (N-methyl/N-ethyl adjacent to an activating group) is 1. The van der Waals surface area contributed by atoms with Crippen LogP contribution in [0, 0.1) is 0 Å². The Kier molecular flexibility index (Phi) is 10.2. The zero-order valence-corrected chi connectivity index (χ0v) is 20.1. The summed E-state index contributed by atoms with van der Waals surface area (Å²) >= 11 is 2.06. The smallest absolute Gasteiger partial charge is 0.193 e. The van der Waals surface area contributed by atoms with Gasteiger partial charge >= 0.3 is 0 Å². The molecule has 6 nitrogen and oxygen atoms in total. The predicted octanol–water partition coefficient (Wildman–Crippen LogP) is 2.40. The molecule has 3 rings (SSSR count). The van der Waals surface area contributed by atoms with Crippen molar-refractivity contribution in [3.63, 3.8) is 0 Å². The number of para-hydroxylation sites is 1. The zero-order chi connectivity index (χ0) is 19.0. The Balaban J connectivity index is 0.00000280. The number of morpholine rings is 1. The topological polar surface area (TPSA) is 49.3 Å². The average molecular weight is 520 g/mol. The summed E-state index contributed by atoms with van der Waals surface area (Å²) in [7, 11) is 3.91. The van der Waals surface area contributed by atoms with Crippen molar-refractivity contribution < 1.29 is 9.47 Å². The van der Waals surface area contributed by atoms with E-state index in [0.717, 1.165) is 51.1 Å². The molecule has 2 aliphatic heterocycles. The largest absolute Gasteiger partial charge is 0.492 e. The van der Waals surface area contributed by atoms with Gasteiger partial charge in [0.1, 0.15) is 12.4 Å². The Hall–Kier alpha value is -0.710. The number of rotatable bonds is 7. The van der Waals surface area contributed by atoms with Gasteiger partial charge in [-0.1, -0.05) is 18.2 Å². The number of guanidine groups is 1. The van der Waals surface area contributed by atoms with Crippen LogP contribution >= 0.6 is 35.7 Å². The molecule has 2 fully saturated rings. The van der Waals surface area contributed by atoms with Crippen LogP contribution in [0.5, 0.6) is 5.75 Å². The van der Waals surface area contributed by atoms with Crippen LogP contribution < -0.4 is 10.1 Å². The number of ether oxygens (including phenoxy) is 2. The quantitative estimate of drug-likeness (QED) is 0.339. The number of benzene rings is 1. The second kappa shape index (κ2) is 12.1. The van der Waals surface area contributed by atoms with E-state index in [4.69, 9.17) is 9.47 Å². The van der Waals surface area contributed by atoms with E-state index in [0.29, 0.717) is 6.61 Å². The Morgan fingerprint density at radius 1 is 1.32 bits per heavy atom. The molecule has 158 valence electrons. The maximum Gasteiger partial charge on any atom is 0.193 e. The van der Waals surface area contributed by atoms with Crippen molar-refractivity contribution in [3.05, 3.63) is 30.3 Å². The summed E-state index contributed by atoms with van der Waals surface area (Å²) < 4.78 is 11.4. The predicted molar refractivity (Wildman–Crippen MR) is 128 cm³/mol. The minimum Gasteiger partial charge on any atom is -0.492 e. The molecule has 0 spiro atoms. The van der Waals surface area contributed by atoms with Gasteiger partial charge in [0.05, 0.1) is 19.8 Å². The number of nitrogens with zero attached hydrogens (tertiary/aromatic N) is 3. The highest BCUT2D eigenvalue weighted by atomic mass is 127. The van der Waals surface area contributed by atoms with E-state index >= 15 is 0 Å². The summed E-state index contributed by atoms with van der Waals surface area (Å²) in [6.45, 7) is 6.09. The van der Waals surface area contributed by atoms with Crippen LogP contribution in [0.15, 0.2) is 35.3 Å². The lowest BCUT2D eigenvalue weighted by atomic mass is 9.95. The van der Waals surface area contributed by atoms with E-state index in [-0.39, 0.29) is 29.5 Å². The Morgan fingerprint density at radius 3 is 2.71 bits per heavy atom. The first kappa shape index (κ1) is 23.6. The SMILES string of the molecule is CN=C(NCC1(N2CCOCC2)CCSC1)N(C)CCOc1ccccc1.I. The third-order valence-electron chi connectivity index (χ3n) is 5.35. The van der Waals surface area contributed by atoms with Gasteiger partial charge in [-0.05, 0) is 24.3 Å². The van der Waals surface area contributed by atoms with Gasteiger partial charge < -0.3 is 19.7 Å². The summed E-state index contributed by atoms with van der Waals surface area (Å²) in [4.78, 5) is 9.23. The first-order valence-corrected chi connectivity index (χ1v) is 10.9. The minimum absolute atomic E-state index is 0. The van der Waals surface area contributed by atoms with E-state index < -0.39 is 0 Å². The van der Waals surface area contributed by atoms with Crippen molar-refractivity contribution in [2.24, 2.45) is 4.99 Å². The molecule has 0 radical (unpaired) electrons. The average Bonchev–Trinajstić information content (AvgIpc) is 3.20. The molecular formula is C20H33IN4O2S. The van der Waals surface area contributed by atoms with Gasteiger partial charge in [0, 0.05) is 45.0 Å². The van der Waals surface area contributed by atoms with Gasteiger partial charge in [-0.15, -0.1) is 24.0 Å². The fourth-order valence-corrected chi connectivity index (χ4v) is 5.16. The third-order valence-corrected chi connectivity index (χ3v) is 6.59. The van der Waals surface area contributed by atoms with E-state index in [1.807, 2.05) is 37.4 Å². The molecule has 0 amide bonds. The lowest BCUT2D eigenvalue weighted by Crippen LogP contribution is -2.60. The lowest BCUT2D eigenvalue weighted by Gasteiger charge is -2.43. The highest BCUT2D eigenvalue weighted by Gasteiger charge is 2.40. The molecule has 8 heteroatoms. The van der Waals surface area contributed by atoms with Gasteiger partial charge in [0.2, 0.25) is 0 Å². The number of hydrogen-bond acceptors (Lipinski definition) is 5. The van der Waals surface area contributed by atoms with Gasteiger partial charge in [0.15, 0.2) is 5.96 Å². The van der Waals surface area contributed by atoms with Crippen LogP contribution in [0.3, 0.4) is 0 Å². The molecule has 0 aliphatic carbocycles. The molecule has 1 unspecified atom stereocenters. The van der Waals surface area contributed by atoms with E-state index in [1.165, 1.54) is 17.9 Å². The minimum atomic E-state index is 0. The van der Waals surface area contributed by atoms with Crippen LogP contribution in [0.1, 0.15) is 6.42 Å². The number of aliphatic imine (C=N–C) groups is 1. The van der Waals surface area contributed by atoms with Crippen molar-refractivity contribution in [1.82, 2.24) is 15.1 Å². The standard InChI is InChI=1S/C20H32N4O2S.HI/c1-21-19(23(2)9-14-26-18-6-4-3-5-7-18)22-16-20(8-15-27-17-20)24-10-12-25-13-11-24;/h3-7H,8-17H2,1-2H3,(H,21,22);1H. The molecule has 1 aromatic rings. The highest BCUT2D eigenvalue weighted by Crippen LogP contribution is 2.33. The van der Waals surface area contributed by atoms with Crippen molar-refractivity contribution in [2.45, 2.75) is 12.0 Å². The van der Waals surface area contributed by atoms with Crippen molar-refractivity contribution in [1.29, 1.82) is 0 Å². The molecule has 0 bridgehead atoms. The molecule has 2 saturated heterocycles. The third kappa shape index (κ3) is 6.40. The molecule has 2 heterocycles. The molecule has 0 aromatic heterocycles. The fraction of sp³-hybridized carbons (Fsp3) is 0.650. The lowest BCUT2D eigenvalue weighted by molar-refractivity contribution is -0.0121. The van der Waals surface area contributed by atoms with Crippen LogP contribution in [0.2, 0.25) is 0 Å². The number of halogens is 1. The number of thioether (sulfide) groups is 1. The molecule has 1 N–H and O–H groups in total. The van der Waals surface area contributed by atoms with Crippen LogP contribution in [0.25, 0.3) is 0 Å². The normalized spacial score (nSPS) is 23.1. The second-order valence-electron chi connectivity index (χ2n) is 7.11. The summed E-state index contributed by atoms with van der Waals surface area (Å²) in [6.07, 6.45) is 1.22. The summed E-state index contributed by atoms with van der Waals surface area (Å²) in [6, 6.07) is 9.94. The van der Waals surface area contributed by atoms with Crippen LogP contribution in [-0.4, -0.2) is 92.9 Å². The molecular weight excluding hydrogens is 487 g/mol. The monoisotopic (exact) mass is 520 g/mol. The second-order valence-corrected chi connectivity index (χ2v) is 8.22. The first-order chi connectivity index (χ1) is 13.2. The van der Waals surface area contributed by atoms with Crippen LogP contribution in [-0.2, 0) is 4.74 Å². The fourth-order valence-electron chi connectivity index (χ4n) is 3.69. The summed E-state index contributed by atoms with van der Waals surface area (Å²) in [5.41, 5.74) is 0.214. The van der Waals surface area contributed by atoms with Crippen molar-refractivity contribution in [3.8, 4) is 5.75 Å². The van der Waals surface area contributed by atoms with Crippen LogP contribution in [0.4, 0.5) is 0 Å². The van der Waals surface area contributed by atoms with Gasteiger partial charge in [-0.2, -0.15) is 11.8 Å². The molecule has 1 atom stereocenters. The van der Waals surface area contributed by atoms with E-state index in [9.17, 15) is 0 Å².